The first-order valence-corrected chi connectivity index (χ1v) is 5.40. The van der Waals surface area contributed by atoms with E-state index in [4.69, 9.17) is 4.74 Å². The molecule has 0 aliphatic rings. The Morgan fingerprint density at radius 3 is 2.71 bits per heavy atom. The first-order chi connectivity index (χ1) is 8.06. The standard InChI is InChI=1S/C13H14N3O/c1-13(2,3)17-11-8-14-9-16-12(11)10-6-4-5-7-15-10/h4-8H,1-3H3. The number of ether oxygens (including phenoxy) is 1. The second-order valence-electron chi connectivity index (χ2n) is 4.61. The first-order valence-electron chi connectivity index (χ1n) is 5.40. The highest BCUT2D eigenvalue weighted by atomic mass is 16.5. The second-order valence-corrected chi connectivity index (χ2v) is 4.61. The SMILES string of the molecule is CC(C)(C)Oc1cn[c]nc1-c1ccccn1. The Balaban J connectivity index is 2.41. The molecule has 0 atom stereocenters. The van der Waals surface area contributed by atoms with Gasteiger partial charge in [0, 0.05) is 6.20 Å². The van der Waals surface area contributed by atoms with Gasteiger partial charge in [0.1, 0.15) is 11.3 Å². The quantitative estimate of drug-likeness (QED) is 0.792. The van der Waals surface area contributed by atoms with Crippen LogP contribution in [0.4, 0.5) is 0 Å². The molecule has 4 nitrogen and oxygen atoms in total. The molecule has 0 saturated heterocycles. The highest BCUT2D eigenvalue weighted by Crippen LogP contribution is 2.27. The zero-order valence-electron chi connectivity index (χ0n) is 10.1. The van der Waals surface area contributed by atoms with Gasteiger partial charge < -0.3 is 4.74 Å². The number of pyridine rings is 1. The van der Waals surface area contributed by atoms with Crippen molar-refractivity contribution in [1.29, 1.82) is 0 Å². The molecule has 0 N–H and O–H groups in total. The third-order valence-electron chi connectivity index (χ3n) is 1.96. The largest absolute Gasteiger partial charge is 0.484 e. The van der Waals surface area contributed by atoms with Crippen molar-refractivity contribution in [3.05, 3.63) is 36.9 Å². The Hall–Kier alpha value is -1.97. The zero-order chi connectivity index (χ0) is 12.3. The average Bonchev–Trinajstić information content (AvgIpc) is 2.29. The molecule has 0 saturated carbocycles. The van der Waals surface area contributed by atoms with E-state index in [0.717, 1.165) is 5.69 Å². The van der Waals surface area contributed by atoms with E-state index in [1.54, 1.807) is 12.4 Å². The van der Waals surface area contributed by atoms with Gasteiger partial charge in [0.25, 0.3) is 0 Å². The first kappa shape index (κ1) is 11.5. The van der Waals surface area contributed by atoms with Gasteiger partial charge in [0.15, 0.2) is 12.1 Å². The Morgan fingerprint density at radius 2 is 2.06 bits per heavy atom. The van der Waals surface area contributed by atoms with Crippen molar-refractivity contribution in [2.75, 3.05) is 0 Å². The molecule has 2 rings (SSSR count). The van der Waals surface area contributed by atoms with E-state index in [1.807, 2.05) is 39.0 Å². The number of rotatable bonds is 2. The summed E-state index contributed by atoms with van der Waals surface area (Å²) in [6.07, 6.45) is 5.90. The summed E-state index contributed by atoms with van der Waals surface area (Å²) in [5, 5.41) is 0. The molecule has 2 aromatic heterocycles. The maximum atomic E-state index is 5.80. The van der Waals surface area contributed by atoms with Crippen molar-refractivity contribution in [2.45, 2.75) is 26.4 Å². The van der Waals surface area contributed by atoms with Crippen LogP contribution in [0.2, 0.25) is 0 Å². The second kappa shape index (κ2) is 4.49. The van der Waals surface area contributed by atoms with E-state index in [1.165, 1.54) is 0 Å². The molecule has 0 spiro atoms. The molecule has 0 aliphatic carbocycles. The van der Waals surface area contributed by atoms with Crippen LogP contribution < -0.4 is 4.74 Å². The molecule has 87 valence electrons. The van der Waals surface area contributed by atoms with Crippen molar-refractivity contribution >= 4 is 0 Å². The van der Waals surface area contributed by atoms with E-state index in [9.17, 15) is 0 Å². The predicted octanol–water partition coefficient (Wildman–Crippen LogP) is 2.52. The van der Waals surface area contributed by atoms with Crippen LogP contribution in [-0.4, -0.2) is 20.6 Å². The van der Waals surface area contributed by atoms with Crippen LogP contribution >= 0.6 is 0 Å². The number of hydrogen-bond acceptors (Lipinski definition) is 4. The average molecular weight is 228 g/mol. The molecule has 2 aromatic rings. The fraction of sp³-hybridized carbons (Fsp3) is 0.308. The molecule has 17 heavy (non-hydrogen) atoms. The fourth-order valence-corrected chi connectivity index (χ4v) is 1.37. The summed E-state index contributed by atoms with van der Waals surface area (Å²) in [7, 11) is 0. The minimum absolute atomic E-state index is 0.297. The molecular weight excluding hydrogens is 214 g/mol. The lowest BCUT2D eigenvalue weighted by Gasteiger charge is -2.22. The molecular formula is C13H14N3O. The summed E-state index contributed by atoms with van der Waals surface area (Å²) in [4.78, 5) is 12.2. The smallest absolute Gasteiger partial charge is 0.198 e. The van der Waals surface area contributed by atoms with E-state index in [2.05, 4.69) is 21.3 Å². The molecule has 1 radical (unpaired) electrons. The van der Waals surface area contributed by atoms with Crippen LogP contribution in [0.15, 0.2) is 30.6 Å². The van der Waals surface area contributed by atoms with Gasteiger partial charge in [0.2, 0.25) is 0 Å². The highest BCUT2D eigenvalue weighted by molar-refractivity contribution is 5.61. The van der Waals surface area contributed by atoms with Gasteiger partial charge in [0.05, 0.1) is 11.9 Å². The molecule has 0 unspecified atom stereocenters. The van der Waals surface area contributed by atoms with Crippen molar-refractivity contribution < 1.29 is 4.74 Å². The molecule has 0 aromatic carbocycles. The van der Waals surface area contributed by atoms with Gasteiger partial charge in [-0.25, -0.2) is 9.97 Å². The van der Waals surface area contributed by atoms with Crippen LogP contribution in [0, 0.1) is 6.33 Å². The molecule has 0 fully saturated rings. The summed E-state index contributed by atoms with van der Waals surface area (Å²) in [6, 6.07) is 5.65. The van der Waals surface area contributed by atoms with Gasteiger partial charge in [-0.2, -0.15) is 0 Å². The Bertz CT molecular complexity index is 492. The van der Waals surface area contributed by atoms with Crippen molar-refractivity contribution in [3.63, 3.8) is 0 Å². The Morgan fingerprint density at radius 1 is 1.24 bits per heavy atom. The van der Waals surface area contributed by atoms with Crippen LogP contribution in [0.25, 0.3) is 11.4 Å². The maximum absolute atomic E-state index is 5.80. The molecule has 4 heteroatoms. The van der Waals surface area contributed by atoms with Crippen molar-refractivity contribution in [1.82, 2.24) is 15.0 Å². The van der Waals surface area contributed by atoms with E-state index >= 15 is 0 Å². The Labute approximate surface area is 101 Å². The van der Waals surface area contributed by atoms with E-state index in [0.29, 0.717) is 11.4 Å². The number of aromatic nitrogens is 3. The predicted molar refractivity (Wildman–Crippen MR) is 64.5 cm³/mol. The van der Waals surface area contributed by atoms with E-state index in [-0.39, 0.29) is 5.60 Å². The molecule has 0 aliphatic heterocycles. The van der Waals surface area contributed by atoms with Gasteiger partial charge in [-0.05, 0) is 32.9 Å². The zero-order valence-corrected chi connectivity index (χ0v) is 10.1. The van der Waals surface area contributed by atoms with E-state index < -0.39 is 0 Å². The third kappa shape index (κ3) is 3.00. The van der Waals surface area contributed by atoms with Crippen molar-refractivity contribution in [2.24, 2.45) is 0 Å². The van der Waals surface area contributed by atoms with Crippen LogP contribution in [0.5, 0.6) is 5.75 Å². The minimum Gasteiger partial charge on any atom is -0.484 e. The summed E-state index contributed by atoms with van der Waals surface area (Å²) in [5.74, 6) is 0.620. The normalized spacial score (nSPS) is 11.2. The topological polar surface area (TPSA) is 47.9 Å². The molecule has 0 amide bonds. The minimum atomic E-state index is -0.297. The fourth-order valence-electron chi connectivity index (χ4n) is 1.37. The van der Waals surface area contributed by atoms with Crippen molar-refractivity contribution in [3.8, 4) is 17.1 Å². The van der Waals surface area contributed by atoms with Gasteiger partial charge >= 0.3 is 0 Å². The molecule has 0 bridgehead atoms. The lowest BCUT2D eigenvalue weighted by atomic mass is 10.2. The van der Waals surface area contributed by atoms with Crippen LogP contribution in [0.3, 0.4) is 0 Å². The van der Waals surface area contributed by atoms with Gasteiger partial charge in [-0.1, -0.05) is 6.07 Å². The highest BCUT2D eigenvalue weighted by Gasteiger charge is 2.17. The Kier molecular flexibility index (Phi) is 3.04. The summed E-state index contributed by atoms with van der Waals surface area (Å²) in [6.45, 7) is 5.93. The number of hydrogen-bond donors (Lipinski definition) is 0. The monoisotopic (exact) mass is 228 g/mol. The lowest BCUT2D eigenvalue weighted by molar-refractivity contribution is 0.130. The van der Waals surface area contributed by atoms with Gasteiger partial charge in [-0.3, -0.25) is 4.98 Å². The number of nitrogens with zero attached hydrogens (tertiary/aromatic N) is 3. The summed E-state index contributed by atoms with van der Waals surface area (Å²) in [5.41, 5.74) is 1.12. The summed E-state index contributed by atoms with van der Waals surface area (Å²) < 4.78 is 5.80. The summed E-state index contributed by atoms with van der Waals surface area (Å²) >= 11 is 0. The molecule has 2 heterocycles. The maximum Gasteiger partial charge on any atom is 0.198 e. The third-order valence-corrected chi connectivity index (χ3v) is 1.96. The van der Waals surface area contributed by atoms with Gasteiger partial charge in [-0.15, -0.1) is 0 Å². The van der Waals surface area contributed by atoms with Crippen LogP contribution in [0.1, 0.15) is 20.8 Å². The lowest BCUT2D eigenvalue weighted by Crippen LogP contribution is -2.23. The van der Waals surface area contributed by atoms with Crippen LogP contribution in [-0.2, 0) is 0 Å².